The van der Waals surface area contributed by atoms with Gasteiger partial charge < -0.3 is 4.57 Å². The molecule has 0 aliphatic carbocycles. The molecular formula is C40H24ClN5. The minimum atomic E-state index is 0.196. The minimum absolute atomic E-state index is 0.196. The van der Waals surface area contributed by atoms with Gasteiger partial charge in [0.15, 0.2) is 0 Å². The summed E-state index contributed by atoms with van der Waals surface area (Å²) in [5.74, 6) is 1.44. The van der Waals surface area contributed by atoms with Gasteiger partial charge in [0.05, 0.1) is 33.1 Å². The molecule has 0 fully saturated rings. The van der Waals surface area contributed by atoms with Crippen LogP contribution in [0.2, 0.25) is 5.28 Å². The van der Waals surface area contributed by atoms with Crippen LogP contribution < -0.4 is 0 Å². The summed E-state index contributed by atoms with van der Waals surface area (Å²) in [5.41, 5.74) is 7.73. The Bertz CT molecular complexity index is 2730. The third kappa shape index (κ3) is 3.52. The van der Waals surface area contributed by atoms with Crippen molar-refractivity contribution < 1.29 is 0 Å². The summed E-state index contributed by atoms with van der Waals surface area (Å²) < 4.78 is 6.74. The number of fused-ring (bicyclic) bond motifs is 9. The number of para-hydroxylation sites is 5. The average molecular weight is 610 g/mol. The largest absolute Gasteiger partial charge is 0.309 e. The molecule has 0 amide bonds. The molecule has 0 radical (unpaired) electrons. The number of aromatic nitrogens is 5. The van der Waals surface area contributed by atoms with E-state index in [-0.39, 0.29) is 5.28 Å². The van der Waals surface area contributed by atoms with Gasteiger partial charge in [0.25, 0.3) is 0 Å². The fourth-order valence-corrected chi connectivity index (χ4v) is 7.51. The van der Waals surface area contributed by atoms with Crippen LogP contribution in [0.25, 0.3) is 82.7 Å². The lowest BCUT2D eigenvalue weighted by atomic mass is 10.1. The first kappa shape index (κ1) is 25.4. The Morgan fingerprint density at radius 1 is 0.348 bits per heavy atom. The molecule has 0 atom stereocenters. The Labute approximate surface area is 268 Å². The van der Waals surface area contributed by atoms with E-state index in [4.69, 9.17) is 21.6 Å². The normalized spacial score (nSPS) is 12.0. The van der Waals surface area contributed by atoms with Crippen LogP contribution in [0.15, 0.2) is 146 Å². The first-order chi connectivity index (χ1) is 22.7. The molecule has 0 saturated carbocycles. The molecule has 6 aromatic carbocycles. The standard InChI is InChI=1S/C40H24ClN5/c41-40-42-38(45-34-18-8-3-13-28(34)29-14-4-9-19-35(29)45)24-39(43-40)46-36-20-10-5-15-30(36)31-23-25(21-22-37(31)46)44-32-16-6-1-11-26(32)27-12-2-7-17-33(27)44/h1-24H. The van der Waals surface area contributed by atoms with Crippen LogP contribution in [-0.2, 0) is 0 Å². The summed E-state index contributed by atoms with van der Waals surface area (Å²) in [6.45, 7) is 0. The molecule has 0 N–H and O–H groups in total. The second-order valence-electron chi connectivity index (χ2n) is 11.6. The molecule has 0 bridgehead atoms. The zero-order chi connectivity index (χ0) is 30.4. The smallest absolute Gasteiger partial charge is 0.226 e. The molecule has 4 heterocycles. The number of nitrogens with zero attached hydrogens (tertiary/aromatic N) is 5. The van der Waals surface area contributed by atoms with Gasteiger partial charge in [-0.1, -0.05) is 91.0 Å². The van der Waals surface area contributed by atoms with E-state index in [9.17, 15) is 0 Å². The van der Waals surface area contributed by atoms with Gasteiger partial charge in [0.2, 0.25) is 5.28 Å². The van der Waals surface area contributed by atoms with E-state index in [0.717, 1.165) is 44.3 Å². The van der Waals surface area contributed by atoms with Crippen LogP contribution in [0.5, 0.6) is 0 Å². The van der Waals surface area contributed by atoms with Crippen molar-refractivity contribution in [1.82, 2.24) is 23.7 Å². The monoisotopic (exact) mass is 609 g/mol. The topological polar surface area (TPSA) is 40.6 Å². The second-order valence-corrected chi connectivity index (χ2v) is 12.0. The molecule has 0 saturated heterocycles. The SMILES string of the molecule is Clc1nc(-n2c3ccccc3c3ccccc32)cc(-n2c3ccccc3c3cc(-n4c5ccccc5c5ccccc54)ccc32)n1. The molecule has 0 aliphatic heterocycles. The van der Waals surface area contributed by atoms with Crippen molar-refractivity contribution in [2.45, 2.75) is 0 Å². The maximum Gasteiger partial charge on any atom is 0.226 e. The van der Waals surface area contributed by atoms with E-state index in [1.165, 1.54) is 32.6 Å². The second kappa shape index (κ2) is 9.54. The van der Waals surface area contributed by atoms with Crippen LogP contribution in [0, 0.1) is 0 Å². The molecule has 5 nitrogen and oxygen atoms in total. The van der Waals surface area contributed by atoms with Crippen LogP contribution in [0.3, 0.4) is 0 Å². The summed E-state index contributed by atoms with van der Waals surface area (Å²) in [4.78, 5) is 9.55. The van der Waals surface area contributed by atoms with E-state index >= 15 is 0 Å². The van der Waals surface area contributed by atoms with Crippen LogP contribution in [-0.4, -0.2) is 23.7 Å². The van der Waals surface area contributed by atoms with E-state index in [2.05, 4.69) is 153 Å². The highest BCUT2D eigenvalue weighted by molar-refractivity contribution is 6.28. The van der Waals surface area contributed by atoms with Gasteiger partial charge >= 0.3 is 0 Å². The first-order valence-corrected chi connectivity index (χ1v) is 15.7. The molecule has 0 aliphatic rings. The van der Waals surface area contributed by atoms with E-state index in [1.807, 2.05) is 6.07 Å². The van der Waals surface area contributed by atoms with Gasteiger partial charge in [-0.2, -0.15) is 9.97 Å². The molecule has 10 rings (SSSR count). The fourth-order valence-electron chi connectivity index (χ4n) is 7.34. The Balaban J connectivity index is 1.24. The van der Waals surface area contributed by atoms with Crippen molar-refractivity contribution in [2.24, 2.45) is 0 Å². The summed E-state index contributed by atoms with van der Waals surface area (Å²) in [6.07, 6.45) is 0. The minimum Gasteiger partial charge on any atom is -0.309 e. The quantitative estimate of drug-likeness (QED) is 0.187. The lowest BCUT2D eigenvalue weighted by Gasteiger charge is -2.12. The van der Waals surface area contributed by atoms with Crippen LogP contribution in [0.1, 0.15) is 0 Å². The lowest BCUT2D eigenvalue weighted by Crippen LogP contribution is -2.04. The Morgan fingerprint density at radius 3 is 1.13 bits per heavy atom. The predicted molar refractivity (Wildman–Crippen MR) is 190 cm³/mol. The van der Waals surface area contributed by atoms with Crippen molar-refractivity contribution in [3.05, 3.63) is 151 Å². The molecule has 4 aromatic heterocycles. The summed E-state index contributed by atoms with van der Waals surface area (Å²) in [7, 11) is 0. The Hall–Kier alpha value is -5.91. The number of rotatable bonds is 3. The number of halogens is 1. The zero-order valence-corrected chi connectivity index (χ0v) is 25.2. The summed E-state index contributed by atoms with van der Waals surface area (Å²) in [6, 6.07) is 51.3. The van der Waals surface area contributed by atoms with Crippen molar-refractivity contribution in [1.29, 1.82) is 0 Å². The Kier molecular flexibility index (Phi) is 5.27. The third-order valence-corrected chi connectivity index (χ3v) is 9.37. The molecule has 0 unspecified atom stereocenters. The third-order valence-electron chi connectivity index (χ3n) is 9.20. The van der Waals surface area contributed by atoms with Gasteiger partial charge in [0, 0.05) is 44.1 Å². The number of hydrogen-bond acceptors (Lipinski definition) is 2. The molecule has 10 aromatic rings. The van der Waals surface area contributed by atoms with Crippen molar-refractivity contribution in [3.63, 3.8) is 0 Å². The van der Waals surface area contributed by atoms with Crippen molar-refractivity contribution >= 4 is 77.0 Å². The molecule has 6 heteroatoms. The lowest BCUT2D eigenvalue weighted by molar-refractivity contribution is 0.987. The van der Waals surface area contributed by atoms with E-state index < -0.39 is 0 Å². The van der Waals surface area contributed by atoms with Gasteiger partial charge in [-0.3, -0.25) is 9.13 Å². The highest BCUT2D eigenvalue weighted by atomic mass is 35.5. The first-order valence-electron chi connectivity index (χ1n) is 15.3. The highest BCUT2D eigenvalue weighted by Gasteiger charge is 2.19. The summed E-state index contributed by atoms with van der Waals surface area (Å²) >= 11 is 6.74. The maximum absolute atomic E-state index is 6.74. The average Bonchev–Trinajstić information content (AvgIpc) is 3.74. The van der Waals surface area contributed by atoms with Gasteiger partial charge in [-0.15, -0.1) is 0 Å². The van der Waals surface area contributed by atoms with Crippen molar-refractivity contribution in [2.75, 3.05) is 0 Å². The number of hydrogen-bond donors (Lipinski definition) is 0. The molecular weight excluding hydrogens is 586 g/mol. The highest BCUT2D eigenvalue weighted by Crippen LogP contribution is 2.37. The van der Waals surface area contributed by atoms with Crippen LogP contribution in [0.4, 0.5) is 0 Å². The van der Waals surface area contributed by atoms with Crippen LogP contribution >= 0.6 is 11.6 Å². The van der Waals surface area contributed by atoms with Crippen molar-refractivity contribution in [3.8, 4) is 17.3 Å². The predicted octanol–water partition coefficient (Wildman–Crippen LogP) is 10.4. The summed E-state index contributed by atoms with van der Waals surface area (Å²) in [5, 5.41) is 7.31. The fraction of sp³-hybridized carbons (Fsp3) is 0. The molecule has 46 heavy (non-hydrogen) atoms. The van der Waals surface area contributed by atoms with Gasteiger partial charge in [-0.25, -0.2) is 0 Å². The van der Waals surface area contributed by atoms with Gasteiger partial charge in [0.1, 0.15) is 11.6 Å². The maximum atomic E-state index is 6.74. The molecule has 0 spiro atoms. The van der Waals surface area contributed by atoms with E-state index in [0.29, 0.717) is 5.82 Å². The van der Waals surface area contributed by atoms with Gasteiger partial charge in [-0.05, 0) is 60.1 Å². The Morgan fingerprint density at radius 2 is 0.696 bits per heavy atom. The zero-order valence-electron chi connectivity index (χ0n) is 24.5. The molecule has 216 valence electrons. The van der Waals surface area contributed by atoms with E-state index in [1.54, 1.807) is 0 Å². The number of benzene rings is 6.